The molecule has 3 rings (SSSR count). The number of carbonyl (C=O) groups excluding carboxylic acids is 2. The molecule has 1 aliphatic heterocycles. The number of amides is 1. The van der Waals surface area contributed by atoms with Crippen LogP contribution in [-0.4, -0.2) is 71.5 Å². The summed E-state index contributed by atoms with van der Waals surface area (Å²) in [7, 11) is 1.33. The lowest BCUT2D eigenvalue weighted by Gasteiger charge is -2.33. The van der Waals surface area contributed by atoms with Crippen molar-refractivity contribution in [3.63, 3.8) is 0 Å². The molecule has 2 aromatic rings. The molecule has 0 bridgehead atoms. The van der Waals surface area contributed by atoms with E-state index >= 15 is 0 Å². The molecule has 8 heteroatoms. The van der Waals surface area contributed by atoms with Crippen molar-refractivity contribution >= 4 is 23.5 Å². The standard InChI is InChI=1S/C19H23N5O3/c1-3-23-10-12-24(13-11-23)17(25)16-8-9-20-19(22-16)21-15-7-5-4-6-14(15)18(26)27-2/h4-9H,3,10-13H2,1-2H3,(H,20,21,22). The third-order valence-corrected chi connectivity index (χ3v) is 4.56. The highest BCUT2D eigenvalue weighted by atomic mass is 16.5. The number of hydrogen-bond acceptors (Lipinski definition) is 7. The molecule has 8 nitrogen and oxygen atoms in total. The van der Waals surface area contributed by atoms with Gasteiger partial charge in [0.25, 0.3) is 5.91 Å². The molecule has 0 spiro atoms. The minimum Gasteiger partial charge on any atom is -0.465 e. The normalized spacial score (nSPS) is 14.7. The van der Waals surface area contributed by atoms with E-state index in [1.54, 1.807) is 35.2 Å². The molecule has 1 fully saturated rings. The summed E-state index contributed by atoms with van der Waals surface area (Å²) in [6.45, 7) is 6.21. The van der Waals surface area contributed by atoms with E-state index in [-0.39, 0.29) is 11.9 Å². The van der Waals surface area contributed by atoms with Crippen LogP contribution in [-0.2, 0) is 4.74 Å². The predicted octanol–water partition coefficient (Wildman–Crippen LogP) is 1.78. The van der Waals surface area contributed by atoms with Crippen LogP contribution in [0, 0.1) is 0 Å². The second-order valence-corrected chi connectivity index (χ2v) is 6.15. The lowest BCUT2D eigenvalue weighted by molar-refractivity contribution is 0.0600. The second kappa shape index (κ2) is 8.59. The van der Waals surface area contributed by atoms with Crippen molar-refractivity contribution in [3.8, 4) is 0 Å². The lowest BCUT2D eigenvalue weighted by atomic mass is 10.2. The Morgan fingerprint density at radius 2 is 1.89 bits per heavy atom. The summed E-state index contributed by atoms with van der Waals surface area (Å²) in [5, 5.41) is 3.00. The van der Waals surface area contributed by atoms with Gasteiger partial charge in [-0.3, -0.25) is 4.79 Å². The summed E-state index contributed by atoms with van der Waals surface area (Å²) in [5.41, 5.74) is 1.22. The number of likely N-dealkylation sites (N-methyl/N-ethyl adjacent to an activating group) is 1. The number of rotatable bonds is 5. The largest absolute Gasteiger partial charge is 0.465 e. The summed E-state index contributed by atoms with van der Waals surface area (Å²) in [6, 6.07) is 8.52. The van der Waals surface area contributed by atoms with Gasteiger partial charge in [-0.25, -0.2) is 14.8 Å². The van der Waals surface area contributed by atoms with E-state index in [0.29, 0.717) is 30.0 Å². The Hall–Kier alpha value is -3.00. The van der Waals surface area contributed by atoms with Crippen LogP contribution in [0.4, 0.5) is 11.6 Å². The number of para-hydroxylation sites is 1. The Labute approximate surface area is 158 Å². The van der Waals surface area contributed by atoms with Gasteiger partial charge in [0.15, 0.2) is 0 Å². The molecule has 1 N–H and O–H groups in total. The van der Waals surface area contributed by atoms with Gasteiger partial charge in [-0.2, -0.15) is 0 Å². The molecular weight excluding hydrogens is 346 g/mol. The van der Waals surface area contributed by atoms with Crippen molar-refractivity contribution in [2.24, 2.45) is 0 Å². The molecule has 0 radical (unpaired) electrons. The van der Waals surface area contributed by atoms with E-state index in [2.05, 4.69) is 27.1 Å². The Balaban J connectivity index is 1.75. The van der Waals surface area contributed by atoms with Crippen molar-refractivity contribution in [2.75, 3.05) is 45.2 Å². The van der Waals surface area contributed by atoms with Crippen molar-refractivity contribution in [3.05, 3.63) is 47.8 Å². The third-order valence-electron chi connectivity index (χ3n) is 4.56. The summed E-state index contributed by atoms with van der Waals surface area (Å²) in [4.78, 5) is 37.2. The summed E-state index contributed by atoms with van der Waals surface area (Å²) in [6.07, 6.45) is 1.53. The van der Waals surface area contributed by atoms with Gasteiger partial charge in [-0.1, -0.05) is 19.1 Å². The third kappa shape index (κ3) is 4.40. The molecule has 1 aromatic carbocycles. The first kappa shape index (κ1) is 18.8. The Bertz CT molecular complexity index is 818. The molecule has 0 saturated carbocycles. The predicted molar refractivity (Wildman–Crippen MR) is 101 cm³/mol. The molecular formula is C19H23N5O3. The highest BCUT2D eigenvalue weighted by Crippen LogP contribution is 2.19. The highest BCUT2D eigenvalue weighted by molar-refractivity contribution is 5.96. The highest BCUT2D eigenvalue weighted by Gasteiger charge is 2.22. The molecule has 1 aromatic heterocycles. The van der Waals surface area contributed by atoms with E-state index in [9.17, 15) is 9.59 Å². The Kier molecular flexibility index (Phi) is 5.97. The fourth-order valence-electron chi connectivity index (χ4n) is 2.97. The van der Waals surface area contributed by atoms with E-state index < -0.39 is 5.97 Å². The number of nitrogens with zero attached hydrogens (tertiary/aromatic N) is 4. The van der Waals surface area contributed by atoms with E-state index in [4.69, 9.17) is 4.74 Å². The maximum Gasteiger partial charge on any atom is 0.339 e. The zero-order chi connectivity index (χ0) is 19.2. The number of esters is 1. The van der Waals surface area contributed by atoms with Crippen LogP contribution in [0.1, 0.15) is 27.8 Å². The average molecular weight is 369 g/mol. The molecule has 1 saturated heterocycles. The van der Waals surface area contributed by atoms with Gasteiger partial charge in [0.1, 0.15) is 5.69 Å². The smallest absolute Gasteiger partial charge is 0.339 e. The molecule has 0 atom stereocenters. The van der Waals surface area contributed by atoms with Crippen molar-refractivity contribution in [2.45, 2.75) is 6.92 Å². The Morgan fingerprint density at radius 1 is 1.15 bits per heavy atom. The topological polar surface area (TPSA) is 87.7 Å². The van der Waals surface area contributed by atoms with E-state index in [1.165, 1.54) is 13.3 Å². The number of nitrogens with one attached hydrogen (secondary N) is 1. The fraction of sp³-hybridized carbons (Fsp3) is 0.368. The minimum absolute atomic E-state index is 0.113. The first-order chi connectivity index (χ1) is 13.1. The number of carbonyl (C=O) groups is 2. The number of hydrogen-bond donors (Lipinski definition) is 1. The molecule has 0 aliphatic carbocycles. The van der Waals surface area contributed by atoms with Crippen LogP contribution in [0.25, 0.3) is 0 Å². The monoisotopic (exact) mass is 369 g/mol. The minimum atomic E-state index is -0.459. The van der Waals surface area contributed by atoms with Gasteiger partial charge in [0.05, 0.1) is 18.4 Å². The maximum atomic E-state index is 12.7. The van der Waals surface area contributed by atoms with Crippen molar-refractivity contribution in [1.82, 2.24) is 19.8 Å². The van der Waals surface area contributed by atoms with Crippen LogP contribution in [0.15, 0.2) is 36.5 Å². The molecule has 0 unspecified atom stereocenters. The SMILES string of the molecule is CCN1CCN(C(=O)c2ccnc(Nc3ccccc3C(=O)OC)n2)CC1. The van der Waals surface area contributed by atoms with Crippen LogP contribution in [0.5, 0.6) is 0 Å². The number of methoxy groups -OCH3 is 1. The van der Waals surface area contributed by atoms with Crippen LogP contribution >= 0.6 is 0 Å². The van der Waals surface area contributed by atoms with Gasteiger partial charge in [-0.05, 0) is 24.7 Å². The van der Waals surface area contributed by atoms with Crippen molar-refractivity contribution in [1.29, 1.82) is 0 Å². The number of ether oxygens (including phenoxy) is 1. The van der Waals surface area contributed by atoms with Crippen LogP contribution in [0.3, 0.4) is 0 Å². The number of benzene rings is 1. The van der Waals surface area contributed by atoms with Crippen molar-refractivity contribution < 1.29 is 14.3 Å². The summed E-state index contributed by atoms with van der Waals surface area (Å²) < 4.78 is 4.79. The van der Waals surface area contributed by atoms with Gasteiger partial charge in [-0.15, -0.1) is 0 Å². The quantitative estimate of drug-likeness (QED) is 0.804. The number of piperazine rings is 1. The van der Waals surface area contributed by atoms with Gasteiger partial charge in [0.2, 0.25) is 5.95 Å². The van der Waals surface area contributed by atoms with Gasteiger partial charge in [0, 0.05) is 32.4 Å². The lowest BCUT2D eigenvalue weighted by Crippen LogP contribution is -2.48. The number of anilines is 2. The van der Waals surface area contributed by atoms with E-state index in [1.807, 2.05) is 0 Å². The zero-order valence-corrected chi connectivity index (χ0v) is 15.5. The molecule has 142 valence electrons. The van der Waals surface area contributed by atoms with Crippen LogP contribution in [0.2, 0.25) is 0 Å². The zero-order valence-electron chi connectivity index (χ0n) is 15.5. The van der Waals surface area contributed by atoms with Gasteiger partial charge >= 0.3 is 5.97 Å². The van der Waals surface area contributed by atoms with E-state index in [0.717, 1.165) is 19.6 Å². The first-order valence-corrected chi connectivity index (χ1v) is 8.91. The average Bonchev–Trinajstić information content (AvgIpc) is 2.73. The van der Waals surface area contributed by atoms with Crippen LogP contribution < -0.4 is 5.32 Å². The first-order valence-electron chi connectivity index (χ1n) is 8.91. The summed E-state index contributed by atoms with van der Waals surface area (Å²) in [5.74, 6) is -0.319. The molecule has 27 heavy (non-hydrogen) atoms. The molecule has 2 heterocycles. The Morgan fingerprint density at radius 3 is 2.59 bits per heavy atom. The fourth-order valence-corrected chi connectivity index (χ4v) is 2.97. The number of aromatic nitrogens is 2. The van der Waals surface area contributed by atoms with Gasteiger partial charge < -0.3 is 19.9 Å². The summed E-state index contributed by atoms with van der Waals surface area (Å²) >= 11 is 0. The molecule has 1 amide bonds. The second-order valence-electron chi connectivity index (χ2n) is 6.15. The maximum absolute atomic E-state index is 12.7. The molecule has 1 aliphatic rings.